The Bertz CT molecular complexity index is 870. The standard InChI is InChI=1S/C25H31NO2.ClH/c1-28-21-6-4-5-18(15-21)10-13-26-14-12-25-11-3-2-7-22(25)24(26)16-19-8-9-20(27)17-23(19)25;/h4-6,8-9,15,17,22,24,27H,2-3,7,10-14,16H2,1H3;1H/t22-,24+,25+;/m0./s1. The first-order valence-electron chi connectivity index (χ1n) is 10.9. The predicted octanol–water partition coefficient (Wildman–Crippen LogP) is 5.12. The Morgan fingerprint density at radius 1 is 1.14 bits per heavy atom. The summed E-state index contributed by atoms with van der Waals surface area (Å²) in [5, 5.41) is 10.2. The van der Waals surface area contributed by atoms with Gasteiger partial charge < -0.3 is 9.84 Å². The fraction of sp³-hybridized carbons (Fsp3) is 0.520. The number of phenolic OH excluding ortho intramolecular Hbond substituents is 1. The molecule has 2 aliphatic carbocycles. The van der Waals surface area contributed by atoms with Gasteiger partial charge >= 0.3 is 0 Å². The molecule has 1 saturated heterocycles. The van der Waals surface area contributed by atoms with Gasteiger partial charge in [-0.3, -0.25) is 4.90 Å². The SMILES string of the molecule is COc1cccc(CCN2CC[C@]34CCCC[C@H]3[C@H]2Cc2ccc(O)cc24)c1.Cl. The van der Waals surface area contributed by atoms with Gasteiger partial charge in [0.25, 0.3) is 0 Å². The third-order valence-corrected chi connectivity index (χ3v) is 7.76. The second kappa shape index (κ2) is 8.20. The van der Waals surface area contributed by atoms with Gasteiger partial charge in [0.15, 0.2) is 0 Å². The van der Waals surface area contributed by atoms with Crippen molar-refractivity contribution in [3.63, 3.8) is 0 Å². The minimum atomic E-state index is 0. The molecule has 0 unspecified atom stereocenters. The van der Waals surface area contributed by atoms with Crippen LogP contribution in [0.25, 0.3) is 0 Å². The van der Waals surface area contributed by atoms with Crippen molar-refractivity contribution in [3.8, 4) is 11.5 Å². The number of fused-ring (bicyclic) bond motifs is 1. The molecule has 1 aliphatic heterocycles. The minimum absolute atomic E-state index is 0. The highest BCUT2D eigenvalue weighted by atomic mass is 35.5. The van der Waals surface area contributed by atoms with Crippen LogP contribution in [0, 0.1) is 5.92 Å². The molecule has 0 spiro atoms. The van der Waals surface area contributed by atoms with Crippen LogP contribution in [0.15, 0.2) is 42.5 Å². The topological polar surface area (TPSA) is 32.7 Å². The van der Waals surface area contributed by atoms with Crippen LogP contribution in [0.1, 0.15) is 48.8 Å². The maximum atomic E-state index is 10.2. The van der Waals surface area contributed by atoms with Gasteiger partial charge in [-0.05, 0) is 85.5 Å². The molecule has 156 valence electrons. The molecule has 2 bridgehead atoms. The Morgan fingerprint density at radius 2 is 2.03 bits per heavy atom. The number of halogens is 1. The zero-order chi connectivity index (χ0) is 19.1. The summed E-state index contributed by atoms with van der Waals surface area (Å²) in [4.78, 5) is 2.77. The maximum Gasteiger partial charge on any atom is 0.119 e. The molecule has 1 N–H and O–H groups in total. The highest BCUT2D eigenvalue weighted by Gasteiger charge is 2.53. The number of ether oxygens (including phenoxy) is 1. The van der Waals surface area contributed by atoms with Crippen LogP contribution >= 0.6 is 12.4 Å². The Hall–Kier alpha value is -1.71. The molecule has 2 aromatic rings. The fourth-order valence-corrected chi connectivity index (χ4v) is 6.45. The van der Waals surface area contributed by atoms with Crippen molar-refractivity contribution >= 4 is 12.4 Å². The average Bonchev–Trinajstić information content (AvgIpc) is 2.74. The minimum Gasteiger partial charge on any atom is -0.508 e. The van der Waals surface area contributed by atoms with Crippen molar-refractivity contribution in [3.05, 3.63) is 59.2 Å². The van der Waals surface area contributed by atoms with Gasteiger partial charge in [0.1, 0.15) is 11.5 Å². The van der Waals surface area contributed by atoms with E-state index in [9.17, 15) is 5.11 Å². The zero-order valence-corrected chi connectivity index (χ0v) is 18.1. The monoisotopic (exact) mass is 413 g/mol. The van der Waals surface area contributed by atoms with E-state index in [1.807, 2.05) is 12.1 Å². The van der Waals surface area contributed by atoms with E-state index in [1.54, 1.807) is 7.11 Å². The molecule has 4 heteroatoms. The van der Waals surface area contributed by atoms with Gasteiger partial charge in [0.05, 0.1) is 7.11 Å². The fourth-order valence-electron chi connectivity index (χ4n) is 6.45. The van der Waals surface area contributed by atoms with Crippen LogP contribution < -0.4 is 4.74 Å². The Kier molecular flexibility index (Phi) is 5.81. The number of likely N-dealkylation sites (tertiary alicyclic amines) is 1. The molecule has 0 amide bonds. The van der Waals surface area contributed by atoms with E-state index in [1.165, 1.54) is 55.3 Å². The largest absolute Gasteiger partial charge is 0.508 e. The quantitative estimate of drug-likeness (QED) is 0.754. The van der Waals surface area contributed by atoms with E-state index in [2.05, 4.69) is 35.2 Å². The Morgan fingerprint density at radius 3 is 2.90 bits per heavy atom. The number of aromatic hydroxyl groups is 1. The van der Waals surface area contributed by atoms with Gasteiger partial charge in [0, 0.05) is 18.0 Å². The lowest BCUT2D eigenvalue weighted by atomic mass is 9.52. The number of piperidine rings is 1. The predicted molar refractivity (Wildman–Crippen MR) is 119 cm³/mol. The molecule has 0 radical (unpaired) electrons. The summed E-state index contributed by atoms with van der Waals surface area (Å²) in [7, 11) is 1.74. The number of hydrogen-bond donors (Lipinski definition) is 1. The van der Waals surface area contributed by atoms with E-state index in [0.29, 0.717) is 17.2 Å². The first-order valence-corrected chi connectivity index (χ1v) is 10.9. The first kappa shape index (κ1) is 20.6. The lowest BCUT2D eigenvalue weighted by Crippen LogP contribution is -2.61. The van der Waals surface area contributed by atoms with Crippen molar-refractivity contribution < 1.29 is 9.84 Å². The van der Waals surface area contributed by atoms with Crippen LogP contribution in [-0.4, -0.2) is 36.2 Å². The molecule has 3 atom stereocenters. The van der Waals surface area contributed by atoms with Crippen molar-refractivity contribution in [2.45, 2.75) is 56.4 Å². The van der Waals surface area contributed by atoms with E-state index < -0.39 is 0 Å². The molecule has 3 nitrogen and oxygen atoms in total. The highest BCUT2D eigenvalue weighted by molar-refractivity contribution is 5.85. The maximum absolute atomic E-state index is 10.2. The van der Waals surface area contributed by atoms with Gasteiger partial charge in [-0.25, -0.2) is 0 Å². The average molecular weight is 414 g/mol. The summed E-state index contributed by atoms with van der Waals surface area (Å²) in [6, 6.07) is 15.3. The number of nitrogens with zero attached hydrogens (tertiary/aromatic N) is 1. The number of phenols is 1. The number of methoxy groups -OCH3 is 1. The Labute approximate surface area is 180 Å². The number of rotatable bonds is 4. The molecule has 0 aromatic heterocycles. The normalized spacial score (nSPS) is 28.0. The van der Waals surface area contributed by atoms with Crippen LogP contribution in [0.3, 0.4) is 0 Å². The van der Waals surface area contributed by atoms with E-state index in [-0.39, 0.29) is 12.4 Å². The van der Waals surface area contributed by atoms with Crippen LogP contribution in [-0.2, 0) is 18.3 Å². The van der Waals surface area contributed by atoms with Crippen molar-refractivity contribution in [2.24, 2.45) is 5.92 Å². The first-order chi connectivity index (χ1) is 13.7. The summed E-state index contributed by atoms with van der Waals surface area (Å²) in [6.45, 7) is 2.30. The molecule has 1 heterocycles. The molecule has 2 aromatic carbocycles. The van der Waals surface area contributed by atoms with E-state index in [4.69, 9.17) is 4.74 Å². The molecule has 29 heavy (non-hydrogen) atoms. The second-order valence-corrected chi connectivity index (χ2v) is 9.01. The summed E-state index contributed by atoms with van der Waals surface area (Å²) in [6.07, 6.45) is 8.80. The number of hydrogen-bond acceptors (Lipinski definition) is 3. The van der Waals surface area contributed by atoms with E-state index in [0.717, 1.165) is 31.1 Å². The van der Waals surface area contributed by atoms with E-state index >= 15 is 0 Å². The van der Waals surface area contributed by atoms with Crippen molar-refractivity contribution in [1.82, 2.24) is 4.90 Å². The van der Waals surface area contributed by atoms with Crippen molar-refractivity contribution in [2.75, 3.05) is 20.2 Å². The second-order valence-electron chi connectivity index (χ2n) is 9.01. The third kappa shape index (κ3) is 3.53. The lowest BCUT2D eigenvalue weighted by molar-refractivity contribution is -0.0107. The summed E-state index contributed by atoms with van der Waals surface area (Å²) >= 11 is 0. The van der Waals surface area contributed by atoms with Gasteiger partial charge in [0.2, 0.25) is 0 Å². The summed E-state index contributed by atoms with van der Waals surface area (Å²) < 4.78 is 5.40. The van der Waals surface area contributed by atoms with Crippen LogP contribution in [0.5, 0.6) is 11.5 Å². The molecule has 3 aliphatic rings. The summed E-state index contributed by atoms with van der Waals surface area (Å²) in [5.41, 5.74) is 4.62. The molecule has 5 rings (SSSR count). The molecule has 2 fully saturated rings. The zero-order valence-electron chi connectivity index (χ0n) is 17.3. The van der Waals surface area contributed by atoms with Gasteiger partial charge in [-0.15, -0.1) is 12.4 Å². The highest BCUT2D eigenvalue weighted by Crippen LogP contribution is 2.56. The Balaban J connectivity index is 0.00000205. The van der Waals surface area contributed by atoms with Gasteiger partial charge in [-0.1, -0.05) is 31.0 Å². The van der Waals surface area contributed by atoms with Gasteiger partial charge in [-0.2, -0.15) is 0 Å². The molecule has 1 saturated carbocycles. The van der Waals surface area contributed by atoms with Crippen LogP contribution in [0.4, 0.5) is 0 Å². The van der Waals surface area contributed by atoms with Crippen LogP contribution in [0.2, 0.25) is 0 Å². The third-order valence-electron chi connectivity index (χ3n) is 7.76. The molecular formula is C25H32ClNO2. The number of benzene rings is 2. The van der Waals surface area contributed by atoms with Crippen molar-refractivity contribution in [1.29, 1.82) is 0 Å². The smallest absolute Gasteiger partial charge is 0.119 e. The summed E-state index contributed by atoms with van der Waals surface area (Å²) in [5.74, 6) is 2.14. The molecular weight excluding hydrogens is 382 g/mol. The lowest BCUT2D eigenvalue weighted by Gasteiger charge is -2.59.